The van der Waals surface area contributed by atoms with Gasteiger partial charge < -0.3 is 10.2 Å². The number of benzene rings is 2. The number of rotatable bonds is 3. The van der Waals surface area contributed by atoms with Crippen LogP contribution in [0.4, 0.5) is 0 Å². The number of thiol groups is 1. The second-order valence-electron chi connectivity index (χ2n) is 3.89. The first kappa shape index (κ1) is 17.1. The average molecular weight is 322 g/mol. The number of hydrogen-bond acceptors (Lipinski definition) is 4. The lowest BCUT2D eigenvalue weighted by Crippen LogP contribution is -1.94. The van der Waals surface area contributed by atoms with Gasteiger partial charge in [0.2, 0.25) is 0 Å². The van der Waals surface area contributed by atoms with E-state index in [9.17, 15) is 9.59 Å². The molecule has 0 saturated carbocycles. The molecule has 0 bridgehead atoms. The first-order valence-electron chi connectivity index (χ1n) is 5.83. The number of carboxylic acids is 2. The smallest absolute Gasteiger partial charge is 0.335 e. The standard InChI is InChI=1S/C8H8O2S.C7H6O2S/c1-11-7-4-2-6(3-5-7)8(9)10;8-7(9)5-1-3-6(10)4-2-5/h2-5H,1H3,(H,9,10);1-4,10H,(H,8,9). The molecule has 2 N–H and O–H groups in total. The second kappa shape index (κ2) is 8.39. The molecule has 0 heterocycles. The third-order valence-electron chi connectivity index (χ3n) is 2.45. The Labute approximate surface area is 132 Å². The summed E-state index contributed by atoms with van der Waals surface area (Å²) < 4.78 is 0. The summed E-state index contributed by atoms with van der Waals surface area (Å²) in [6.07, 6.45) is 1.95. The monoisotopic (exact) mass is 322 g/mol. The molecular formula is C15H14O4S2. The molecule has 0 spiro atoms. The van der Waals surface area contributed by atoms with E-state index in [1.807, 2.05) is 6.26 Å². The van der Waals surface area contributed by atoms with Crippen molar-refractivity contribution in [2.24, 2.45) is 0 Å². The maximum atomic E-state index is 10.4. The number of thioether (sulfide) groups is 1. The highest BCUT2D eigenvalue weighted by molar-refractivity contribution is 7.98. The van der Waals surface area contributed by atoms with E-state index in [1.165, 1.54) is 12.1 Å². The van der Waals surface area contributed by atoms with Gasteiger partial charge in [-0.3, -0.25) is 0 Å². The Bertz CT molecular complexity index is 607. The minimum atomic E-state index is -0.909. The van der Waals surface area contributed by atoms with E-state index in [1.54, 1.807) is 48.2 Å². The number of carboxylic acid groups (broad SMARTS) is 2. The third-order valence-corrected chi connectivity index (χ3v) is 3.49. The van der Waals surface area contributed by atoms with Gasteiger partial charge in [0.15, 0.2) is 0 Å². The number of carbonyl (C=O) groups is 2. The zero-order valence-electron chi connectivity index (χ0n) is 11.2. The van der Waals surface area contributed by atoms with E-state index >= 15 is 0 Å². The molecule has 0 amide bonds. The van der Waals surface area contributed by atoms with Gasteiger partial charge in [-0.2, -0.15) is 0 Å². The molecule has 0 aliphatic rings. The summed E-state index contributed by atoms with van der Waals surface area (Å²) in [4.78, 5) is 22.5. The Morgan fingerprint density at radius 1 is 0.857 bits per heavy atom. The largest absolute Gasteiger partial charge is 0.478 e. The van der Waals surface area contributed by atoms with Crippen molar-refractivity contribution < 1.29 is 19.8 Å². The van der Waals surface area contributed by atoms with Crippen LogP contribution < -0.4 is 0 Å². The molecule has 0 radical (unpaired) electrons. The van der Waals surface area contributed by atoms with Crippen LogP contribution in [0.3, 0.4) is 0 Å². The lowest BCUT2D eigenvalue weighted by Gasteiger charge is -1.95. The molecule has 21 heavy (non-hydrogen) atoms. The van der Waals surface area contributed by atoms with E-state index in [2.05, 4.69) is 12.6 Å². The Morgan fingerprint density at radius 2 is 1.24 bits per heavy atom. The summed E-state index contributed by atoms with van der Waals surface area (Å²) in [5.74, 6) is -1.79. The molecule has 2 aromatic carbocycles. The summed E-state index contributed by atoms with van der Waals surface area (Å²) in [6, 6.07) is 13.1. The molecule has 0 aliphatic heterocycles. The maximum absolute atomic E-state index is 10.4. The zero-order chi connectivity index (χ0) is 15.8. The van der Waals surface area contributed by atoms with Crippen LogP contribution >= 0.6 is 24.4 Å². The Hall–Kier alpha value is -1.92. The van der Waals surface area contributed by atoms with Crippen LogP contribution in [0.2, 0.25) is 0 Å². The summed E-state index contributed by atoms with van der Waals surface area (Å²) in [6.45, 7) is 0. The van der Waals surface area contributed by atoms with Gasteiger partial charge in [0.05, 0.1) is 11.1 Å². The minimum absolute atomic E-state index is 0.290. The number of aromatic carboxylic acids is 2. The predicted molar refractivity (Wildman–Crippen MR) is 85.8 cm³/mol. The van der Waals surface area contributed by atoms with Crippen molar-refractivity contribution in [3.05, 3.63) is 59.7 Å². The van der Waals surface area contributed by atoms with Gasteiger partial charge in [0, 0.05) is 9.79 Å². The Kier molecular flexibility index (Phi) is 6.84. The summed E-state index contributed by atoms with van der Waals surface area (Å²) in [5, 5.41) is 17.0. The summed E-state index contributed by atoms with van der Waals surface area (Å²) >= 11 is 5.60. The van der Waals surface area contributed by atoms with Crippen molar-refractivity contribution in [3.63, 3.8) is 0 Å². The Balaban J connectivity index is 0.000000211. The average Bonchev–Trinajstić information content (AvgIpc) is 2.48. The molecule has 0 atom stereocenters. The normalized spacial score (nSPS) is 9.43. The topological polar surface area (TPSA) is 74.6 Å². The molecule has 4 nitrogen and oxygen atoms in total. The van der Waals surface area contributed by atoms with Crippen LogP contribution in [-0.4, -0.2) is 28.4 Å². The lowest BCUT2D eigenvalue weighted by atomic mass is 10.2. The fourth-order valence-electron chi connectivity index (χ4n) is 1.34. The van der Waals surface area contributed by atoms with E-state index in [0.29, 0.717) is 5.56 Å². The second-order valence-corrected chi connectivity index (χ2v) is 5.28. The van der Waals surface area contributed by atoms with Crippen LogP contribution in [0.1, 0.15) is 20.7 Å². The number of hydrogen-bond donors (Lipinski definition) is 3. The SMILES string of the molecule is CSc1ccc(C(=O)O)cc1.O=C(O)c1ccc(S)cc1. The van der Waals surface area contributed by atoms with Crippen molar-refractivity contribution in [1.29, 1.82) is 0 Å². The van der Waals surface area contributed by atoms with Crippen LogP contribution in [0, 0.1) is 0 Å². The molecule has 6 heteroatoms. The van der Waals surface area contributed by atoms with Crippen LogP contribution in [0.5, 0.6) is 0 Å². The van der Waals surface area contributed by atoms with Crippen LogP contribution in [0.25, 0.3) is 0 Å². The molecule has 0 saturated heterocycles. The molecule has 0 fully saturated rings. The Morgan fingerprint density at radius 3 is 1.57 bits per heavy atom. The van der Waals surface area contributed by atoms with Crippen molar-refractivity contribution in [2.75, 3.05) is 6.26 Å². The molecule has 0 aliphatic carbocycles. The van der Waals surface area contributed by atoms with Gasteiger partial charge in [-0.15, -0.1) is 24.4 Å². The van der Waals surface area contributed by atoms with Gasteiger partial charge in [-0.25, -0.2) is 9.59 Å². The fraction of sp³-hybridized carbons (Fsp3) is 0.0667. The van der Waals surface area contributed by atoms with E-state index in [0.717, 1.165) is 9.79 Å². The first-order chi connectivity index (χ1) is 9.93. The van der Waals surface area contributed by atoms with Crippen molar-refractivity contribution >= 4 is 36.3 Å². The van der Waals surface area contributed by atoms with Crippen molar-refractivity contribution in [1.82, 2.24) is 0 Å². The molecular weight excluding hydrogens is 308 g/mol. The highest BCUT2D eigenvalue weighted by Crippen LogP contribution is 2.14. The molecule has 0 aromatic heterocycles. The van der Waals surface area contributed by atoms with Gasteiger partial charge in [0.1, 0.15) is 0 Å². The summed E-state index contributed by atoms with van der Waals surface area (Å²) in [7, 11) is 0. The maximum Gasteiger partial charge on any atom is 0.335 e. The van der Waals surface area contributed by atoms with Gasteiger partial charge in [-0.05, 0) is 54.8 Å². The van der Waals surface area contributed by atoms with Gasteiger partial charge in [0.25, 0.3) is 0 Å². The van der Waals surface area contributed by atoms with Crippen molar-refractivity contribution in [3.8, 4) is 0 Å². The molecule has 110 valence electrons. The van der Waals surface area contributed by atoms with Crippen LogP contribution in [0.15, 0.2) is 58.3 Å². The molecule has 0 unspecified atom stereocenters. The van der Waals surface area contributed by atoms with Gasteiger partial charge >= 0.3 is 11.9 Å². The summed E-state index contributed by atoms with van der Waals surface area (Å²) in [5.41, 5.74) is 0.626. The third kappa shape index (κ3) is 5.93. The van der Waals surface area contributed by atoms with Crippen LogP contribution in [-0.2, 0) is 0 Å². The van der Waals surface area contributed by atoms with Gasteiger partial charge in [-0.1, -0.05) is 0 Å². The zero-order valence-corrected chi connectivity index (χ0v) is 12.9. The highest BCUT2D eigenvalue weighted by Gasteiger charge is 2.00. The quantitative estimate of drug-likeness (QED) is 0.592. The highest BCUT2D eigenvalue weighted by atomic mass is 32.2. The first-order valence-corrected chi connectivity index (χ1v) is 7.51. The van der Waals surface area contributed by atoms with Crippen molar-refractivity contribution in [2.45, 2.75) is 9.79 Å². The predicted octanol–water partition coefficient (Wildman–Crippen LogP) is 3.78. The molecule has 2 rings (SSSR count). The van der Waals surface area contributed by atoms with E-state index in [4.69, 9.17) is 10.2 Å². The fourth-order valence-corrected chi connectivity index (χ4v) is 1.89. The minimum Gasteiger partial charge on any atom is -0.478 e. The molecule has 2 aromatic rings. The lowest BCUT2D eigenvalue weighted by molar-refractivity contribution is 0.0686. The van der Waals surface area contributed by atoms with E-state index < -0.39 is 11.9 Å². The van der Waals surface area contributed by atoms with E-state index in [-0.39, 0.29) is 5.56 Å².